The number of methoxy groups -OCH3 is 2. The van der Waals surface area contributed by atoms with Crippen LogP contribution in [0.4, 0.5) is 0 Å². The highest BCUT2D eigenvalue weighted by molar-refractivity contribution is 6.32. The Morgan fingerprint density at radius 2 is 2.03 bits per heavy atom. The van der Waals surface area contributed by atoms with Gasteiger partial charge in [0.15, 0.2) is 0 Å². The zero-order valence-electron chi connectivity index (χ0n) is 16.8. The molecular formula is C20H25ClN2O6. The predicted octanol–water partition coefficient (Wildman–Crippen LogP) is 2.65. The van der Waals surface area contributed by atoms with E-state index in [1.165, 1.54) is 14.2 Å². The molecule has 0 unspecified atom stereocenters. The second-order valence-electron chi connectivity index (χ2n) is 6.90. The maximum atomic E-state index is 12.9. The van der Waals surface area contributed by atoms with Crippen LogP contribution < -0.4 is 9.47 Å². The van der Waals surface area contributed by atoms with Gasteiger partial charge in [-0.1, -0.05) is 16.8 Å². The summed E-state index contributed by atoms with van der Waals surface area (Å²) in [5, 5.41) is 4.50. The highest BCUT2D eigenvalue weighted by atomic mass is 35.5. The summed E-state index contributed by atoms with van der Waals surface area (Å²) in [6, 6.07) is 3.36. The van der Waals surface area contributed by atoms with Gasteiger partial charge in [0.2, 0.25) is 6.10 Å². The number of carbonyl (C=O) groups excluding carboxylic acids is 2. The summed E-state index contributed by atoms with van der Waals surface area (Å²) in [5.41, 5.74) is 1.22. The van der Waals surface area contributed by atoms with E-state index in [1.807, 2.05) is 0 Å². The number of esters is 1. The maximum Gasteiger partial charge on any atom is 0.310 e. The number of oxime groups is 1. The van der Waals surface area contributed by atoms with Crippen LogP contribution in [0.3, 0.4) is 0 Å². The van der Waals surface area contributed by atoms with Crippen LogP contribution in [0.1, 0.15) is 31.7 Å². The van der Waals surface area contributed by atoms with E-state index in [9.17, 15) is 9.59 Å². The maximum absolute atomic E-state index is 12.9. The van der Waals surface area contributed by atoms with Crippen molar-refractivity contribution in [2.75, 3.05) is 33.9 Å². The normalized spacial score (nSPS) is 21.2. The Kier molecular flexibility index (Phi) is 6.84. The molecule has 0 aromatic heterocycles. The Balaban J connectivity index is 1.68. The Bertz CT molecular complexity index is 812. The molecule has 158 valence electrons. The van der Waals surface area contributed by atoms with Gasteiger partial charge >= 0.3 is 5.97 Å². The zero-order chi connectivity index (χ0) is 21.0. The lowest BCUT2D eigenvalue weighted by molar-refractivity contribution is -0.153. The highest BCUT2D eigenvalue weighted by Gasteiger charge is 2.37. The number of rotatable bonds is 6. The predicted molar refractivity (Wildman–Crippen MR) is 107 cm³/mol. The number of likely N-dealkylation sites (tertiary alicyclic amines) is 1. The zero-order valence-corrected chi connectivity index (χ0v) is 17.5. The first-order valence-electron chi connectivity index (χ1n) is 9.58. The largest absolute Gasteiger partial charge is 0.496 e. The molecular weight excluding hydrogens is 400 g/mol. The number of amides is 1. The third-order valence-corrected chi connectivity index (χ3v) is 5.38. The number of hydrogen-bond acceptors (Lipinski definition) is 7. The van der Waals surface area contributed by atoms with Crippen LogP contribution in [0.25, 0.3) is 0 Å². The molecule has 29 heavy (non-hydrogen) atoms. The lowest BCUT2D eigenvalue weighted by Gasteiger charge is -2.32. The van der Waals surface area contributed by atoms with Gasteiger partial charge in [-0.25, -0.2) is 0 Å². The quantitative estimate of drug-likeness (QED) is 0.652. The van der Waals surface area contributed by atoms with Crippen molar-refractivity contribution < 1.29 is 28.6 Å². The number of hydrogen-bond donors (Lipinski definition) is 0. The number of benzene rings is 1. The smallest absolute Gasteiger partial charge is 0.310 e. The molecule has 3 rings (SSSR count). The molecule has 0 N–H and O–H groups in total. The van der Waals surface area contributed by atoms with Crippen molar-refractivity contribution in [3.63, 3.8) is 0 Å². The van der Waals surface area contributed by atoms with E-state index >= 15 is 0 Å². The van der Waals surface area contributed by atoms with Gasteiger partial charge in [0.1, 0.15) is 11.5 Å². The van der Waals surface area contributed by atoms with Gasteiger partial charge in [0, 0.05) is 31.1 Å². The van der Waals surface area contributed by atoms with Crippen LogP contribution in [-0.4, -0.2) is 62.5 Å². The highest BCUT2D eigenvalue weighted by Crippen LogP contribution is 2.35. The third kappa shape index (κ3) is 4.58. The van der Waals surface area contributed by atoms with E-state index in [-0.39, 0.29) is 17.8 Å². The molecule has 2 heterocycles. The van der Waals surface area contributed by atoms with Crippen molar-refractivity contribution in [3.05, 3.63) is 22.7 Å². The Labute approximate surface area is 174 Å². The molecule has 1 aromatic rings. The first-order valence-corrected chi connectivity index (χ1v) is 9.96. The summed E-state index contributed by atoms with van der Waals surface area (Å²) in [5.74, 6) is 0.276. The average Bonchev–Trinajstić information content (AvgIpc) is 3.23. The molecule has 2 aliphatic heterocycles. The molecule has 1 amide bonds. The molecule has 2 atom stereocenters. The number of halogens is 1. The monoisotopic (exact) mass is 424 g/mol. The molecule has 0 spiro atoms. The molecule has 1 saturated heterocycles. The van der Waals surface area contributed by atoms with E-state index in [4.69, 9.17) is 30.6 Å². The third-order valence-electron chi connectivity index (χ3n) is 5.08. The van der Waals surface area contributed by atoms with Crippen molar-refractivity contribution in [1.82, 2.24) is 4.90 Å². The second-order valence-corrected chi connectivity index (χ2v) is 7.31. The van der Waals surface area contributed by atoms with Gasteiger partial charge in [0.05, 0.1) is 37.5 Å². The van der Waals surface area contributed by atoms with Gasteiger partial charge in [0.25, 0.3) is 5.91 Å². The van der Waals surface area contributed by atoms with E-state index in [2.05, 4.69) is 5.16 Å². The van der Waals surface area contributed by atoms with E-state index in [1.54, 1.807) is 24.0 Å². The van der Waals surface area contributed by atoms with Crippen molar-refractivity contribution in [2.45, 2.75) is 32.3 Å². The molecule has 0 saturated carbocycles. The number of carbonyl (C=O) groups is 2. The van der Waals surface area contributed by atoms with Gasteiger partial charge in [-0.3, -0.25) is 9.59 Å². The standard InChI is InChI=1S/C20H25ClN2O6/c1-4-28-20(25)12-6-5-7-23(11-12)19(24)18-9-15(22-29-18)13-8-14(21)17(27-3)10-16(13)26-2/h8,10,12,18H,4-7,9,11H2,1-3H3/t12-,18+/m0/s1. The Hall–Kier alpha value is -2.48. The van der Waals surface area contributed by atoms with Crippen LogP contribution >= 0.6 is 11.6 Å². The molecule has 1 fully saturated rings. The SMILES string of the molecule is CCOC(=O)[C@H]1CCCN(C(=O)[C@H]2CC(c3cc(Cl)c(OC)cc3OC)=NO2)C1. The van der Waals surface area contributed by atoms with E-state index < -0.39 is 6.10 Å². The summed E-state index contributed by atoms with van der Waals surface area (Å²) in [4.78, 5) is 32.0. The minimum absolute atomic E-state index is 0.184. The molecule has 2 aliphatic rings. The molecule has 0 aliphatic carbocycles. The molecule has 8 nitrogen and oxygen atoms in total. The number of ether oxygens (including phenoxy) is 3. The van der Waals surface area contributed by atoms with Gasteiger partial charge in [-0.05, 0) is 25.8 Å². The summed E-state index contributed by atoms with van der Waals surface area (Å²) in [6.07, 6.45) is 1.02. The van der Waals surface area contributed by atoms with E-state index in [0.29, 0.717) is 53.9 Å². The number of piperidine rings is 1. The van der Waals surface area contributed by atoms with Gasteiger partial charge in [-0.2, -0.15) is 0 Å². The summed E-state index contributed by atoms with van der Waals surface area (Å²) in [6.45, 7) is 3.03. The van der Waals surface area contributed by atoms with Crippen LogP contribution in [0.2, 0.25) is 5.02 Å². The van der Waals surface area contributed by atoms with Gasteiger partial charge in [-0.15, -0.1) is 0 Å². The summed E-state index contributed by atoms with van der Waals surface area (Å²) >= 11 is 6.23. The fourth-order valence-electron chi connectivity index (χ4n) is 3.59. The molecule has 1 aromatic carbocycles. The fraction of sp³-hybridized carbons (Fsp3) is 0.550. The molecule has 0 radical (unpaired) electrons. The Morgan fingerprint density at radius 1 is 1.28 bits per heavy atom. The van der Waals surface area contributed by atoms with Crippen molar-refractivity contribution >= 4 is 29.2 Å². The summed E-state index contributed by atoms with van der Waals surface area (Å²) < 4.78 is 15.7. The van der Waals surface area contributed by atoms with Crippen molar-refractivity contribution in [3.8, 4) is 11.5 Å². The molecule has 0 bridgehead atoms. The first kappa shape index (κ1) is 21.2. The second kappa shape index (κ2) is 9.35. The van der Waals surface area contributed by atoms with Crippen LogP contribution in [0.15, 0.2) is 17.3 Å². The van der Waals surface area contributed by atoms with Crippen LogP contribution in [0, 0.1) is 5.92 Å². The van der Waals surface area contributed by atoms with Crippen LogP contribution in [-0.2, 0) is 19.2 Å². The Morgan fingerprint density at radius 3 is 2.72 bits per heavy atom. The lowest BCUT2D eigenvalue weighted by atomic mass is 9.97. The molecule has 9 heteroatoms. The first-order chi connectivity index (χ1) is 14.0. The lowest BCUT2D eigenvalue weighted by Crippen LogP contribution is -2.47. The topological polar surface area (TPSA) is 86.7 Å². The van der Waals surface area contributed by atoms with E-state index in [0.717, 1.165) is 12.8 Å². The fourth-order valence-corrected chi connectivity index (χ4v) is 3.83. The minimum Gasteiger partial charge on any atom is -0.496 e. The average molecular weight is 425 g/mol. The minimum atomic E-state index is -0.739. The van der Waals surface area contributed by atoms with Crippen molar-refractivity contribution in [1.29, 1.82) is 0 Å². The van der Waals surface area contributed by atoms with Crippen molar-refractivity contribution in [2.24, 2.45) is 11.1 Å². The van der Waals surface area contributed by atoms with Gasteiger partial charge < -0.3 is 23.9 Å². The summed E-state index contributed by atoms with van der Waals surface area (Å²) in [7, 11) is 3.06. The van der Waals surface area contributed by atoms with Crippen LogP contribution in [0.5, 0.6) is 11.5 Å². The number of nitrogens with zero attached hydrogens (tertiary/aromatic N) is 2.